The number of fused-ring (bicyclic) bond motifs is 5. The second-order valence-corrected chi connectivity index (χ2v) is 9.13. The number of allylic oxidation sites excluding steroid dienone is 1. The number of rotatable bonds is 2. The predicted molar refractivity (Wildman–Crippen MR) is 92.7 cm³/mol. The molecule has 4 rings (SSSR count). The minimum absolute atomic E-state index is 0.0890. The highest BCUT2D eigenvalue weighted by Gasteiger charge is 2.64. The highest BCUT2D eigenvalue weighted by Crippen LogP contribution is 2.66. The summed E-state index contributed by atoms with van der Waals surface area (Å²) in [5.41, 5.74) is 0.387. The molecular formula is C21H28O4. The van der Waals surface area contributed by atoms with Crippen LogP contribution in [0.2, 0.25) is 0 Å². The lowest BCUT2D eigenvalue weighted by Gasteiger charge is -2.59. The molecule has 0 heterocycles. The Balaban J connectivity index is 1.75. The normalized spacial score (nSPS) is 48.8. The molecule has 0 aromatic rings. The standard InChI is InChI=1S/C21H28O4/c1-12(23)16-5-6-17-15-4-3-13-9-14(24)7-8-20(13,2)19(15)18(25)10-21(16,17)11-22/h9,11,15-19,25H,3-8,10H2,1-2H3/t15-,16+,17-,18-,19+,20-,21-/m0/s1. The Morgan fingerprint density at radius 2 is 2.04 bits per heavy atom. The molecule has 136 valence electrons. The van der Waals surface area contributed by atoms with E-state index in [-0.39, 0.29) is 40.7 Å². The van der Waals surface area contributed by atoms with Crippen molar-refractivity contribution in [2.24, 2.45) is 34.5 Å². The molecule has 25 heavy (non-hydrogen) atoms. The van der Waals surface area contributed by atoms with Gasteiger partial charge in [-0.2, -0.15) is 0 Å². The van der Waals surface area contributed by atoms with Crippen LogP contribution in [-0.4, -0.2) is 29.1 Å². The molecule has 7 atom stereocenters. The lowest BCUT2D eigenvalue weighted by molar-refractivity contribution is -0.155. The number of carbonyl (C=O) groups is 3. The monoisotopic (exact) mass is 344 g/mol. The van der Waals surface area contributed by atoms with Crippen LogP contribution in [0.1, 0.15) is 58.8 Å². The zero-order chi connectivity index (χ0) is 18.0. The van der Waals surface area contributed by atoms with Crippen molar-refractivity contribution in [3.8, 4) is 0 Å². The first-order valence-corrected chi connectivity index (χ1v) is 9.72. The minimum Gasteiger partial charge on any atom is -0.393 e. The van der Waals surface area contributed by atoms with Gasteiger partial charge in [-0.25, -0.2) is 0 Å². The lowest BCUT2D eigenvalue weighted by Crippen LogP contribution is -2.58. The molecule has 3 fully saturated rings. The van der Waals surface area contributed by atoms with E-state index in [2.05, 4.69) is 6.92 Å². The first-order valence-electron chi connectivity index (χ1n) is 9.72. The molecule has 0 amide bonds. The molecule has 4 heteroatoms. The van der Waals surface area contributed by atoms with Crippen LogP contribution in [-0.2, 0) is 14.4 Å². The van der Waals surface area contributed by atoms with E-state index in [9.17, 15) is 19.5 Å². The molecular weight excluding hydrogens is 316 g/mol. The zero-order valence-electron chi connectivity index (χ0n) is 15.2. The van der Waals surface area contributed by atoms with Crippen LogP contribution < -0.4 is 0 Å². The maximum absolute atomic E-state index is 12.2. The molecule has 0 aliphatic heterocycles. The van der Waals surface area contributed by atoms with Crippen molar-refractivity contribution in [1.82, 2.24) is 0 Å². The van der Waals surface area contributed by atoms with Gasteiger partial charge in [0.1, 0.15) is 12.1 Å². The van der Waals surface area contributed by atoms with Crippen molar-refractivity contribution in [2.45, 2.75) is 64.9 Å². The summed E-state index contributed by atoms with van der Waals surface area (Å²) >= 11 is 0. The summed E-state index contributed by atoms with van der Waals surface area (Å²) in [6.45, 7) is 3.79. The number of aliphatic hydroxyl groups excluding tert-OH is 1. The average Bonchev–Trinajstić information content (AvgIpc) is 2.95. The summed E-state index contributed by atoms with van der Waals surface area (Å²) in [5, 5.41) is 11.1. The Morgan fingerprint density at radius 1 is 1.28 bits per heavy atom. The molecule has 1 N–H and O–H groups in total. The molecule has 0 radical (unpaired) electrons. The predicted octanol–water partition coefficient (Wildman–Crippen LogP) is 2.87. The molecule has 0 unspecified atom stereocenters. The third-order valence-corrected chi connectivity index (χ3v) is 8.21. The van der Waals surface area contributed by atoms with E-state index in [1.807, 2.05) is 6.08 Å². The Bertz CT molecular complexity index is 665. The van der Waals surface area contributed by atoms with Crippen molar-refractivity contribution in [2.75, 3.05) is 0 Å². The SMILES string of the molecule is CC(=O)[C@H]1CC[C@H]2[C@@H]3CCC4=CC(=O)CC[C@]4(C)[C@H]3[C@@H](O)C[C@]12C=O. The molecule has 4 nitrogen and oxygen atoms in total. The van der Waals surface area contributed by atoms with Gasteiger partial charge in [-0.15, -0.1) is 0 Å². The van der Waals surface area contributed by atoms with E-state index in [4.69, 9.17) is 0 Å². The summed E-state index contributed by atoms with van der Waals surface area (Å²) in [6.07, 6.45) is 7.49. The zero-order valence-corrected chi connectivity index (χ0v) is 15.2. The summed E-state index contributed by atoms with van der Waals surface area (Å²) in [6, 6.07) is 0. The number of carbonyl (C=O) groups excluding carboxylic acids is 3. The van der Waals surface area contributed by atoms with Crippen molar-refractivity contribution >= 4 is 17.9 Å². The van der Waals surface area contributed by atoms with Crippen LogP contribution >= 0.6 is 0 Å². The lowest BCUT2D eigenvalue weighted by atomic mass is 9.45. The molecule has 4 aliphatic rings. The maximum atomic E-state index is 12.2. The van der Waals surface area contributed by atoms with E-state index in [1.54, 1.807) is 6.92 Å². The summed E-state index contributed by atoms with van der Waals surface area (Å²) < 4.78 is 0. The molecule has 0 aromatic carbocycles. The van der Waals surface area contributed by atoms with Crippen LogP contribution in [0, 0.1) is 34.5 Å². The Labute approximate surface area is 149 Å². The number of hydrogen-bond acceptors (Lipinski definition) is 4. The van der Waals surface area contributed by atoms with E-state index in [0.29, 0.717) is 12.8 Å². The van der Waals surface area contributed by atoms with Crippen LogP contribution in [0.5, 0.6) is 0 Å². The minimum atomic E-state index is -0.672. The van der Waals surface area contributed by atoms with Gasteiger partial charge in [0.15, 0.2) is 5.78 Å². The first kappa shape index (κ1) is 17.1. The van der Waals surface area contributed by atoms with Crippen LogP contribution in [0.4, 0.5) is 0 Å². The molecule has 0 aromatic heterocycles. The van der Waals surface area contributed by atoms with Crippen molar-refractivity contribution in [3.63, 3.8) is 0 Å². The molecule has 3 saturated carbocycles. The van der Waals surface area contributed by atoms with Crippen molar-refractivity contribution in [3.05, 3.63) is 11.6 Å². The summed E-state index contributed by atoms with van der Waals surface area (Å²) in [7, 11) is 0. The highest BCUT2D eigenvalue weighted by molar-refractivity contribution is 5.91. The van der Waals surface area contributed by atoms with Gasteiger partial charge in [0.05, 0.1) is 6.10 Å². The smallest absolute Gasteiger partial charge is 0.155 e. The third kappa shape index (κ3) is 2.19. The Hall–Kier alpha value is -1.29. The van der Waals surface area contributed by atoms with Gasteiger partial charge in [0.2, 0.25) is 0 Å². The molecule has 0 bridgehead atoms. The van der Waals surface area contributed by atoms with Crippen LogP contribution in [0.25, 0.3) is 0 Å². The largest absolute Gasteiger partial charge is 0.393 e. The van der Waals surface area contributed by atoms with Gasteiger partial charge in [-0.1, -0.05) is 12.5 Å². The van der Waals surface area contributed by atoms with Gasteiger partial charge in [0, 0.05) is 17.8 Å². The topological polar surface area (TPSA) is 71.4 Å². The molecule has 0 saturated heterocycles. The maximum Gasteiger partial charge on any atom is 0.155 e. The number of ketones is 2. The summed E-state index contributed by atoms with van der Waals surface area (Å²) in [4.78, 5) is 36.2. The second-order valence-electron chi connectivity index (χ2n) is 9.13. The van der Waals surface area contributed by atoms with E-state index in [1.165, 1.54) is 5.57 Å². The van der Waals surface area contributed by atoms with Crippen molar-refractivity contribution in [1.29, 1.82) is 0 Å². The van der Waals surface area contributed by atoms with Crippen LogP contribution in [0.3, 0.4) is 0 Å². The van der Waals surface area contributed by atoms with E-state index < -0.39 is 11.5 Å². The van der Waals surface area contributed by atoms with Gasteiger partial charge < -0.3 is 9.90 Å². The van der Waals surface area contributed by atoms with E-state index >= 15 is 0 Å². The quantitative estimate of drug-likeness (QED) is 0.782. The summed E-state index contributed by atoms with van der Waals surface area (Å²) in [5.74, 6) is 0.631. The fourth-order valence-electron chi connectivity index (χ4n) is 7.19. The van der Waals surface area contributed by atoms with Gasteiger partial charge >= 0.3 is 0 Å². The Morgan fingerprint density at radius 3 is 2.72 bits per heavy atom. The molecule has 4 aliphatic carbocycles. The van der Waals surface area contributed by atoms with Gasteiger partial charge in [-0.3, -0.25) is 9.59 Å². The van der Waals surface area contributed by atoms with Gasteiger partial charge in [0.25, 0.3) is 0 Å². The van der Waals surface area contributed by atoms with E-state index in [0.717, 1.165) is 38.4 Å². The number of Topliss-reactive ketones (excluding diaryl/α,β-unsaturated/α-hetero) is 1. The second kappa shape index (κ2) is 5.60. The third-order valence-electron chi connectivity index (χ3n) is 8.21. The average molecular weight is 344 g/mol. The number of aldehydes is 1. The fourth-order valence-corrected chi connectivity index (χ4v) is 7.19. The first-order chi connectivity index (χ1) is 11.8. The fraction of sp³-hybridized carbons (Fsp3) is 0.762. The Kier molecular flexibility index (Phi) is 3.84. The highest BCUT2D eigenvalue weighted by atomic mass is 16.3. The number of aliphatic hydroxyl groups is 1. The molecule has 0 spiro atoms. The van der Waals surface area contributed by atoms with Crippen LogP contribution in [0.15, 0.2) is 11.6 Å². The van der Waals surface area contributed by atoms with Crippen molar-refractivity contribution < 1.29 is 19.5 Å². The number of hydrogen-bond donors (Lipinski definition) is 1. The van der Waals surface area contributed by atoms with Gasteiger partial charge in [-0.05, 0) is 74.7 Å².